The lowest BCUT2D eigenvalue weighted by Crippen LogP contribution is -2.39. The van der Waals surface area contributed by atoms with Crippen LogP contribution < -0.4 is 14.5 Å². The number of hydrogen-bond acceptors (Lipinski definition) is 6. The molecule has 0 radical (unpaired) electrons. The number of piperidine rings is 2. The van der Waals surface area contributed by atoms with Gasteiger partial charge < -0.3 is 19.3 Å². The van der Waals surface area contributed by atoms with Crippen LogP contribution in [0.4, 0.5) is 20.2 Å². The van der Waals surface area contributed by atoms with Crippen LogP contribution in [-0.4, -0.2) is 42.3 Å². The zero-order valence-corrected chi connectivity index (χ0v) is 34.2. The topological polar surface area (TPSA) is 50.7 Å². The number of hydrogen-bond donors (Lipinski definition) is 0. The average Bonchev–Trinajstić information content (AvgIpc) is 3.26. The average molecular weight is 809 g/mol. The molecule has 1 atom stereocenters. The van der Waals surface area contributed by atoms with Crippen LogP contribution in [0.15, 0.2) is 109 Å². The SMILES string of the molecule is Cc1nc2ccc(N3CCCC(OCc4c(C)nc5ccc(N6CCCCC6)cc5c4-c4ccc(F)cc4)C3)cc2c(-c2ccc(F)cc2)c1COc1ccc(Cl)cc1. The Morgan fingerprint density at radius 2 is 1.14 bits per heavy atom. The normalized spacial score (nSPS) is 15.9. The Balaban J connectivity index is 1.02. The lowest BCUT2D eigenvalue weighted by molar-refractivity contribution is 0.0314. The van der Waals surface area contributed by atoms with Gasteiger partial charge in [0.1, 0.15) is 24.0 Å². The summed E-state index contributed by atoms with van der Waals surface area (Å²) in [7, 11) is 0. The maximum Gasteiger partial charge on any atom is 0.123 e. The summed E-state index contributed by atoms with van der Waals surface area (Å²) in [6.07, 6.45) is 5.54. The molecule has 9 heteroatoms. The van der Waals surface area contributed by atoms with Crippen molar-refractivity contribution in [2.24, 2.45) is 0 Å². The number of fused-ring (bicyclic) bond motifs is 2. The molecule has 0 saturated carbocycles. The van der Waals surface area contributed by atoms with Crippen molar-refractivity contribution in [2.75, 3.05) is 36.0 Å². The van der Waals surface area contributed by atoms with E-state index in [-0.39, 0.29) is 24.3 Å². The first-order valence-corrected chi connectivity index (χ1v) is 21.0. The number of benzene rings is 5. The Kier molecular flexibility index (Phi) is 11.2. The van der Waals surface area contributed by atoms with Gasteiger partial charge in [-0.3, -0.25) is 9.97 Å². The Morgan fingerprint density at radius 1 is 0.610 bits per heavy atom. The third-order valence-corrected chi connectivity index (χ3v) is 12.2. The van der Waals surface area contributed by atoms with Crippen LogP contribution in [0.2, 0.25) is 5.02 Å². The van der Waals surface area contributed by atoms with Gasteiger partial charge in [-0.2, -0.15) is 0 Å². The van der Waals surface area contributed by atoms with E-state index in [9.17, 15) is 8.78 Å². The monoisotopic (exact) mass is 808 g/mol. The first-order valence-electron chi connectivity index (χ1n) is 20.7. The molecule has 4 heterocycles. The van der Waals surface area contributed by atoms with Gasteiger partial charge in [-0.15, -0.1) is 0 Å². The van der Waals surface area contributed by atoms with E-state index in [0.717, 1.165) is 105 Å². The highest BCUT2D eigenvalue weighted by Gasteiger charge is 2.25. The van der Waals surface area contributed by atoms with Crippen molar-refractivity contribution < 1.29 is 18.3 Å². The number of anilines is 2. The maximum absolute atomic E-state index is 14.3. The van der Waals surface area contributed by atoms with Gasteiger partial charge in [0, 0.05) is 75.9 Å². The van der Waals surface area contributed by atoms with E-state index < -0.39 is 0 Å². The van der Waals surface area contributed by atoms with Gasteiger partial charge in [-0.25, -0.2) is 8.78 Å². The van der Waals surface area contributed by atoms with Gasteiger partial charge in [0.2, 0.25) is 0 Å². The van der Waals surface area contributed by atoms with E-state index in [1.807, 2.05) is 43.3 Å². The van der Waals surface area contributed by atoms with Crippen LogP contribution in [0.3, 0.4) is 0 Å². The van der Waals surface area contributed by atoms with E-state index in [1.54, 1.807) is 12.1 Å². The molecule has 0 N–H and O–H groups in total. The molecule has 2 aromatic heterocycles. The molecular formula is C50H47ClF2N4O2. The molecule has 0 aliphatic carbocycles. The largest absolute Gasteiger partial charge is 0.489 e. The lowest BCUT2D eigenvalue weighted by atomic mass is 9.93. The molecule has 1 unspecified atom stereocenters. The molecule has 7 aromatic rings. The van der Waals surface area contributed by atoms with Crippen LogP contribution in [0.1, 0.15) is 54.6 Å². The number of pyridine rings is 2. The van der Waals surface area contributed by atoms with Gasteiger partial charge in [0.05, 0.1) is 23.7 Å². The molecule has 2 fully saturated rings. The van der Waals surface area contributed by atoms with E-state index in [4.69, 9.17) is 31.0 Å². The zero-order valence-electron chi connectivity index (χ0n) is 33.5. The second-order valence-electron chi connectivity index (χ2n) is 15.8. The van der Waals surface area contributed by atoms with Gasteiger partial charge in [0.15, 0.2) is 0 Å². The maximum atomic E-state index is 14.3. The standard InChI is InChI=1S/C50H47ClF2N4O2/c1-32-45(30-58-41-20-12-36(51)13-21-41)50(35-10-16-38(53)17-11-35)44-28-40(19-23-48(44)54-32)57-26-6-7-42(29-57)59-31-46-33(2)55-47-22-18-39(56-24-4-3-5-25-56)27-43(47)49(46)34-8-14-37(52)15-9-34/h8-23,27-28,42H,3-7,24-26,29-31H2,1-2H3. The predicted molar refractivity (Wildman–Crippen MR) is 236 cm³/mol. The molecule has 9 rings (SSSR count). The summed E-state index contributed by atoms with van der Waals surface area (Å²) in [5, 5.41) is 2.68. The van der Waals surface area contributed by atoms with E-state index in [1.165, 1.54) is 49.2 Å². The molecule has 2 aliphatic heterocycles. The zero-order chi connectivity index (χ0) is 40.5. The highest BCUT2D eigenvalue weighted by molar-refractivity contribution is 6.30. The van der Waals surface area contributed by atoms with Crippen molar-refractivity contribution in [2.45, 2.75) is 65.3 Å². The lowest BCUT2D eigenvalue weighted by Gasteiger charge is -2.35. The molecule has 6 nitrogen and oxygen atoms in total. The number of rotatable bonds is 10. The van der Waals surface area contributed by atoms with Crippen molar-refractivity contribution in [3.8, 4) is 28.0 Å². The molecule has 5 aromatic carbocycles. The van der Waals surface area contributed by atoms with Crippen molar-refractivity contribution in [3.05, 3.63) is 148 Å². The van der Waals surface area contributed by atoms with Crippen molar-refractivity contribution in [1.82, 2.24) is 9.97 Å². The number of ether oxygens (including phenoxy) is 2. The van der Waals surface area contributed by atoms with Crippen molar-refractivity contribution >= 4 is 44.8 Å². The second-order valence-corrected chi connectivity index (χ2v) is 16.3. The Labute approximate surface area is 349 Å². The van der Waals surface area contributed by atoms with Gasteiger partial charge >= 0.3 is 0 Å². The fraction of sp³-hybridized carbons (Fsp3) is 0.280. The summed E-state index contributed by atoms with van der Waals surface area (Å²) in [4.78, 5) is 15.0. The third-order valence-electron chi connectivity index (χ3n) is 11.9. The molecule has 300 valence electrons. The molecule has 0 amide bonds. The summed E-state index contributed by atoms with van der Waals surface area (Å²) in [5.41, 5.74) is 11.7. The number of aryl methyl sites for hydroxylation is 2. The minimum Gasteiger partial charge on any atom is -0.489 e. The van der Waals surface area contributed by atoms with E-state index in [2.05, 4.69) is 53.1 Å². The second kappa shape index (κ2) is 17.0. The fourth-order valence-electron chi connectivity index (χ4n) is 8.81. The minimum absolute atomic E-state index is 0.0219. The van der Waals surface area contributed by atoms with Crippen LogP contribution in [-0.2, 0) is 18.0 Å². The van der Waals surface area contributed by atoms with Crippen LogP contribution in [0.25, 0.3) is 44.1 Å². The third kappa shape index (κ3) is 8.34. The fourth-order valence-corrected chi connectivity index (χ4v) is 8.94. The highest BCUT2D eigenvalue weighted by atomic mass is 35.5. The van der Waals surface area contributed by atoms with Crippen LogP contribution in [0, 0.1) is 25.5 Å². The molecule has 0 bridgehead atoms. The van der Waals surface area contributed by atoms with Crippen molar-refractivity contribution in [3.63, 3.8) is 0 Å². The summed E-state index contributed by atoms with van der Waals surface area (Å²) in [5.74, 6) is 0.156. The van der Waals surface area contributed by atoms with Gasteiger partial charge in [-0.1, -0.05) is 35.9 Å². The quantitative estimate of drug-likeness (QED) is 0.137. The van der Waals surface area contributed by atoms with E-state index >= 15 is 0 Å². The predicted octanol–water partition coefficient (Wildman–Crippen LogP) is 12.4. The Bertz CT molecular complexity index is 2610. The summed E-state index contributed by atoms with van der Waals surface area (Å²) in [6.45, 7) is 8.42. The molecule has 59 heavy (non-hydrogen) atoms. The van der Waals surface area contributed by atoms with Gasteiger partial charge in [0.25, 0.3) is 0 Å². The molecule has 2 aliphatic rings. The Hall–Kier alpha value is -5.57. The summed E-state index contributed by atoms with van der Waals surface area (Å²) >= 11 is 6.13. The molecule has 0 spiro atoms. The first kappa shape index (κ1) is 38.9. The molecule has 2 saturated heterocycles. The van der Waals surface area contributed by atoms with E-state index in [0.29, 0.717) is 23.9 Å². The minimum atomic E-state index is -0.288. The number of aromatic nitrogens is 2. The first-order chi connectivity index (χ1) is 28.8. The van der Waals surface area contributed by atoms with Crippen LogP contribution in [0.5, 0.6) is 5.75 Å². The molecular weight excluding hydrogens is 762 g/mol. The highest BCUT2D eigenvalue weighted by Crippen LogP contribution is 2.39. The van der Waals surface area contributed by atoms with Crippen molar-refractivity contribution in [1.29, 1.82) is 0 Å². The van der Waals surface area contributed by atoms with Crippen LogP contribution >= 0.6 is 11.6 Å². The number of nitrogens with zero attached hydrogens (tertiary/aromatic N) is 4. The number of halogens is 3. The smallest absolute Gasteiger partial charge is 0.123 e. The van der Waals surface area contributed by atoms with Gasteiger partial charge in [-0.05, 0) is 153 Å². The summed E-state index contributed by atoms with van der Waals surface area (Å²) < 4.78 is 41.6. The summed E-state index contributed by atoms with van der Waals surface area (Å²) in [6, 6.07) is 33.8. The Morgan fingerprint density at radius 3 is 1.71 bits per heavy atom.